The Morgan fingerprint density at radius 3 is 2.55 bits per heavy atom. The van der Waals surface area contributed by atoms with Gasteiger partial charge in [0.1, 0.15) is 5.75 Å². The van der Waals surface area contributed by atoms with E-state index in [0.717, 1.165) is 12.1 Å². The zero-order valence-electron chi connectivity index (χ0n) is 10.4. The van der Waals surface area contributed by atoms with Crippen LogP contribution in [-0.4, -0.2) is 37.7 Å². The molecule has 7 nitrogen and oxygen atoms in total. The number of sulfone groups is 1. The summed E-state index contributed by atoms with van der Waals surface area (Å²) in [6, 6.07) is 6.88. The number of aromatic carboxylic acids is 1. The molecule has 8 heteroatoms. The van der Waals surface area contributed by atoms with E-state index in [9.17, 15) is 18.0 Å². The molecule has 0 aromatic heterocycles. The molecule has 106 valence electrons. The Kier molecular flexibility index (Phi) is 5.23. The lowest BCUT2D eigenvalue weighted by Gasteiger charge is -2.07. The van der Waals surface area contributed by atoms with Crippen molar-refractivity contribution < 1.29 is 23.1 Å². The van der Waals surface area contributed by atoms with E-state index >= 15 is 0 Å². The van der Waals surface area contributed by atoms with Crippen molar-refractivity contribution in [1.82, 2.24) is 5.32 Å². The van der Waals surface area contributed by atoms with Gasteiger partial charge >= 0.3 is 5.97 Å². The first-order valence-corrected chi connectivity index (χ1v) is 7.22. The number of hydrogen-bond donors (Lipinski definition) is 2. The van der Waals surface area contributed by atoms with Crippen LogP contribution in [-0.2, 0) is 14.6 Å². The molecule has 0 unspecified atom stereocenters. The van der Waals surface area contributed by atoms with Crippen molar-refractivity contribution in [1.29, 1.82) is 5.26 Å². The lowest BCUT2D eigenvalue weighted by molar-refractivity contribution is -0.118. The van der Waals surface area contributed by atoms with E-state index in [1.165, 1.54) is 12.1 Å². The first kappa shape index (κ1) is 15.7. The molecule has 0 aliphatic heterocycles. The van der Waals surface area contributed by atoms with Gasteiger partial charge in [-0.1, -0.05) is 12.1 Å². The Morgan fingerprint density at radius 2 is 1.95 bits per heavy atom. The molecular weight excluding hydrogens is 284 g/mol. The minimum atomic E-state index is -4.05. The van der Waals surface area contributed by atoms with Gasteiger partial charge in [0, 0.05) is 6.54 Å². The Hall–Kier alpha value is -2.40. The van der Waals surface area contributed by atoms with Crippen LogP contribution in [0.4, 0.5) is 0 Å². The van der Waals surface area contributed by atoms with E-state index in [0.29, 0.717) is 0 Å². The fourth-order valence-electron chi connectivity index (χ4n) is 1.47. The van der Waals surface area contributed by atoms with Crippen molar-refractivity contribution in [2.75, 3.05) is 12.3 Å². The molecule has 0 aliphatic carbocycles. The van der Waals surface area contributed by atoms with Crippen LogP contribution in [0.15, 0.2) is 29.2 Å². The minimum absolute atomic E-state index is 0.0471. The van der Waals surface area contributed by atoms with Gasteiger partial charge in [0.15, 0.2) is 9.84 Å². The number of amides is 1. The van der Waals surface area contributed by atoms with E-state index in [4.69, 9.17) is 10.4 Å². The number of nitriles is 1. The first-order chi connectivity index (χ1) is 9.38. The van der Waals surface area contributed by atoms with Gasteiger partial charge in [0.25, 0.3) is 0 Å². The fraction of sp³-hybridized carbons (Fsp3) is 0.250. The molecule has 1 rings (SSSR count). The number of carbonyl (C=O) groups is 2. The third-order valence-corrected chi connectivity index (χ3v) is 4.00. The van der Waals surface area contributed by atoms with Crippen LogP contribution in [0.1, 0.15) is 16.8 Å². The van der Waals surface area contributed by atoms with Gasteiger partial charge in [-0.15, -0.1) is 0 Å². The topological polar surface area (TPSA) is 124 Å². The molecule has 1 aromatic rings. The zero-order chi connectivity index (χ0) is 15.2. The number of carbonyl (C=O) groups excluding carboxylic acids is 1. The molecule has 1 amide bonds. The summed E-state index contributed by atoms with van der Waals surface area (Å²) in [5.74, 6) is -3.02. The number of carboxylic acids is 1. The molecule has 0 spiro atoms. The second-order valence-electron chi connectivity index (χ2n) is 3.82. The number of nitrogens with zero attached hydrogens (tertiary/aromatic N) is 1. The van der Waals surface area contributed by atoms with Crippen molar-refractivity contribution in [3.63, 3.8) is 0 Å². The third kappa shape index (κ3) is 4.07. The van der Waals surface area contributed by atoms with Gasteiger partial charge in [0.2, 0.25) is 5.91 Å². The Bertz CT molecular complexity index is 661. The second-order valence-corrected chi connectivity index (χ2v) is 5.78. The highest BCUT2D eigenvalue weighted by atomic mass is 32.2. The molecule has 0 bridgehead atoms. The molecule has 0 atom stereocenters. The van der Waals surface area contributed by atoms with Crippen LogP contribution < -0.4 is 5.32 Å². The molecular formula is C12H12N2O5S. The van der Waals surface area contributed by atoms with Crippen molar-refractivity contribution in [3.05, 3.63) is 29.8 Å². The maximum absolute atomic E-state index is 12.0. The number of benzene rings is 1. The molecule has 0 radical (unpaired) electrons. The van der Waals surface area contributed by atoms with Crippen molar-refractivity contribution in [2.45, 2.75) is 11.3 Å². The predicted molar refractivity (Wildman–Crippen MR) is 68.7 cm³/mol. The molecule has 1 aromatic carbocycles. The summed E-state index contributed by atoms with van der Waals surface area (Å²) >= 11 is 0. The summed E-state index contributed by atoms with van der Waals surface area (Å²) < 4.78 is 24.0. The van der Waals surface area contributed by atoms with Crippen LogP contribution >= 0.6 is 0 Å². The third-order valence-electron chi connectivity index (χ3n) is 2.33. The minimum Gasteiger partial charge on any atom is -0.478 e. The lowest BCUT2D eigenvalue weighted by Crippen LogP contribution is -2.31. The average Bonchev–Trinajstić information content (AvgIpc) is 2.38. The molecule has 0 aliphatic rings. The Labute approximate surface area is 115 Å². The maximum Gasteiger partial charge on any atom is 0.337 e. The standard InChI is InChI=1S/C12H12N2O5S/c13-6-3-7-14-11(15)8-20(18,19)10-5-2-1-4-9(10)12(16)17/h1-2,4-5H,3,7-8H2,(H,14,15)(H,16,17). The summed E-state index contributed by atoms with van der Waals surface area (Å²) in [6.07, 6.45) is 0.0670. The Morgan fingerprint density at radius 1 is 1.30 bits per heavy atom. The number of carboxylic acid groups (broad SMARTS) is 1. The normalized spacial score (nSPS) is 10.6. The van der Waals surface area contributed by atoms with Gasteiger partial charge in [-0.25, -0.2) is 13.2 Å². The van der Waals surface area contributed by atoms with E-state index in [-0.39, 0.29) is 18.5 Å². The van der Waals surface area contributed by atoms with Crippen LogP contribution in [0.5, 0.6) is 0 Å². The SMILES string of the molecule is N#CCCNC(=O)CS(=O)(=O)c1ccccc1C(=O)O. The zero-order valence-corrected chi connectivity index (χ0v) is 11.2. The molecule has 0 saturated carbocycles. The van der Waals surface area contributed by atoms with Gasteiger partial charge in [0.05, 0.1) is 22.9 Å². The van der Waals surface area contributed by atoms with Crippen LogP contribution in [0.25, 0.3) is 0 Å². The lowest BCUT2D eigenvalue weighted by atomic mass is 10.2. The van der Waals surface area contributed by atoms with Gasteiger partial charge in [-0.2, -0.15) is 5.26 Å². The van der Waals surface area contributed by atoms with Crippen LogP contribution in [0.2, 0.25) is 0 Å². The smallest absolute Gasteiger partial charge is 0.337 e. The second kappa shape index (κ2) is 6.68. The molecule has 2 N–H and O–H groups in total. The summed E-state index contributed by atoms with van der Waals surface area (Å²) in [5, 5.41) is 19.5. The largest absolute Gasteiger partial charge is 0.478 e. The summed E-state index contributed by atoms with van der Waals surface area (Å²) in [5.41, 5.74) is -0.377. The Balaban J connectivity index is 2.93. The number of hydrogen-bond acceptors (Lipinski definition) is 5. The van der Waals surface area contributed by atoms with Crippen molar-refractivity contribution >= 4 is 21.7 Å². The highest BCUT2D eigenvalue weighted by Gasteiger charge is 2.24. The highest BCUT2D eigenvalue weighted by Crippen LogP contribution is 2.16. The first-order valence-electron chi connectivity index (χ1n) is 5.57. The fourth-order valence-corrected chi connectivity index (χ4v) is 2.85. The van der Waals surface area contributed by atoms with Gasteiger partial charge < -0.3 is 10.4 Å². The van der Waals surface area contributed by atoms with E-state index in [1.807, 2.05) is 0 Å². The molecule has 20 heavy (non-hydrogen) atoms. The van der Waals surface area contributed by atoms with Gasteiger partial charge in [-0.05, 0) is 12.1 Å². The highest BCUT2D eigenvalue weighted by molar-refractivity contribution is 7.92. The van der Waals surface area contributed by atoms with E-state index in [1.54, 1.807) is 6.07 Å². The summed E-state index contributed by atoms with van der Waals surface area (Å²) in [6.45, 7) is 0.0471. The maximum atomic E-state index is 12.0. The van der Waals surface area contributed by atoms with Crippen LogP contribution in [0.3, 0.4) is 0 Å². The predicted octanol–water partition coefficient (Wildman–Crippen LogP) is 0.188. The van der Waals surface area contributed by atoms with Gasteiger partial charge in [-0.3, -0.25) is 4.79 Å². The number of rotatable bonds is 6. The molecule has 0 saturated heterocycles. The van der Waals surface area contributed by atoms with E-state index in [2.05, 4.69) is 5.32 Å². The van der Waals surface area contributed by atoms with Crippen molar-refractivity contribution in [2.24, 2.45) is 0 Å². The summed E-state index contributed by atoms with van der Waals surface area (Å²) in [7, 11) is -4.05. The molecule has 0 heterocycles. The quantitative estimate of drug-likeness (QED) is 0.722. The number of nitrogens with one attached hydrogen (secondary N) is 1. The molecule has 0 fully saturated rings. The average molecular weight is 296 g/mol. The summed E-state index contributed by atoms with van der Waals surface area (Å²) in [4.78, 5) is 22.0. The van der Waals surface area contributed by atoms with Crippen molar-refractivity contribution in [3.8, 4) is 6.07 Å². The van der Waals surface area contributed by atoms with Crippen LogP contribution in [0, 0.1) is 11.3 Å². The monoisotopic (exact) mass is 296 g/mol. The van der Waals surface area contributed by atoms with E-state index < -0.39 is 32.4 Å².